The van der Waals surface area contributed by atoms with E-state index in [0.717, 1.165) is 24.2 Å². The number of nitrogens with zero attached hydrogens (tertiary/aromatic N) is 2. The van der Waals surface area contributed by atoms with Crippen molar-refractivity contribution in [3.05, 3.63) is 16.5 Å². The molecule has 0 aliphatic carbocycles. The molecule has 1 heterocycles. The van der Waals surface area contributed by atoms with Crippen LogP contribution in [-0.2, 0) is 6.42 Å². The molecule has 0 amide bonds. The number of hydrogen-bond acceptors (Lipinski definition) is 3. The molecule has 0 spiro atoms. The van der Waals surface area contributed by atoms with Crippen LogP contribution >= 0.6 is 11.6 Å². The Balaban J connectivity index is 2.86. The Kier molecular flexibility index (Phi) is 5.19. The Labute approximate surface area is 109 Å². The van der Waals surface area contributed by atoms with E-state index in [9.17, 15) is 0 Å². The molecular formula is C13H21ClN2O. The van der Waals surface area contributed by atoms with Crippen molar-refractivity contribution >= 4 is 11.6 Å². The highest BCUT2D eigenvalue weighted by molar-refractivity contribution is 6.30. The van der Waals surface area contributed by atoms with Crippen molar-refractivity contribution in [3.8, 4) is 5.88 Å². The lowest BCUT2D eigenvalue weighted by Crippen LogP contribution is -2.16. The van der Waals surface area contributed by atoms with E-state index in [-0.39, 0.29) is 6.10 Å². The first-order valence-electron chi connectivity index (χ1n) is 6.13. The van der Waals surface area contributed by atoms with E-state index in [4.69, 9.17) is 16.3 Å². The minimum atomic E-state index is 0.143. The summed E-state index contributed by atoms with van der Waals surface area (Å²) in [5.74, 6) is 1.95. The van der Waals surface area contributed by atoms with E-state index in [2.05, 4.69) is 30.7 Å². The van der Waals surface area contributed by atoms with Gasteiger partial charge in [0.1, 0.15) is 11.0 Å². The van der Waals surface area contributed by atoms with Gasteiger partial charge in [0.25, 0.3) is 0 Å². The summed E-state index contributed by atoms with van der Waals surface area (Å²) in [4.78, 5) is 8.58. The Hall–Kier alpha value is -0.830. The van der Waals surface area contributed by atoms with Crippen LogP contribution in [-0.4, -0.2) is 16.1 Å². The molecule has 0 saturated carbocycles. The molecule has 0 saturated heterocycles. The van der Waals surface area contributed by atoms with Gasteiger partial charge in [0.2, 0.25) is 5.88 Å². The van der Waals surface area contributed by atoms with Crippen LogP contribution < -0.4 is 4.74 Å². The average molecular weight is 257 g/mol. The zero-order chi connectivity index (χ0) is 13.0. The Morgan fingerprint density at radius 2 is 1.88 bits per heavy atom. The van der Waals surface area contributed by atoms with Crippen molar-refractivity contribution in [1.29, 1.82) is 0 Å². The van der Waals surface area contributed by atoms with Gasteiger partial charge in [0.15, 0.2) is 0 Å². The molecule has 0 N–H and O–H groups in total. The second kappa shape index (κ2) is 6.20. The molecule has 1 unspecified atom stereocenters. The second-order valence-electron chi connectivity index (χ2n) is 4.77. The molecule has 0 aromatic carbocycles. The summed E-state index contributed by atoms with van der Waals surface area (Å²) < 4.78 is 5.84. The van der Waals surface area contributed by atoms with Crippen molar-refractivity contribution in [2.45, 2.75) is 53.6 Å². The minimum absolute atomic E-state index is 0.143. The third-order valence-corrected chi connectivity index (χ3v) is 2.89. The molecule has 0 fully saturated rings. The van der Waals surface area contributed by atoms with E-state index in [1.54, 1.807) is 0 Å². The summed E-state index contributed by atoms with van der Waals surface area (Å²) in [6.07, 6.45) is 1.90. The van der Waals surface area contributed by atoms with Crippen molar-refractivity contribution in [3.63, 3.8) is 0 Å². The molecular weight excluding hydrogens is 236 g/mol. The number of aromatic nitrogens is 2. The Morgan fingerprint density at radius 3 is 2.41 bits per heavy atom. The molecule has 1 atom stereocenters. The summed E-state index contributed by atoms with van der Waals surface area (Å²) in [5, 5.41) is 0.489. The average Bonchev–Trinajstić information content (AvgIpc) is 2.23. The van der Waals surface area contributed by atoms with Crippen molar-refractivity contribution in [2.24, 2.45) is 5.92 Å². The highest BCUT2D eigenvalue weighted by Gasteiger charge is 2.13. The lowest BCUT2D eigenvalue weighted by molar-refractivity contribution is 0.183. The first kappa shape index (κ1) is 14.2. The summed E-state index contributed by atoms with van der Waals surface area (Å²) in [6, 6.07) is 0. The van der Waals surface area contributed by atoms with Gasteiger partial charge in [0, 0.05) is 12.0 Å². The van der Waals surface area contributed by atoms with Gasteiger partial charge < -0.3 is 4.74 Å². The van der Waals surface area contributed by atoms with Gasteiger partial charge in [-0.2, -0.15) is 4.98 Å². The van der Waals surface area contributed by atoms with E-state index < -0.39 is 0 Å². The first-order chi connectivity index (χ1) is 7.93. The maximum absolute atomic E-state index is 6.06. The van der Waals surface area contributed by atoms with Gasteiger partial charge in [0.05, 0.1) is 6.10 Å². The SMILES string of the molecule is CCc1nc(Cl)c(C)c(OC(C)CC(C)C)n1. The molecule has 1 rings (SSSR count). The molecule has 1 aromatic rings. The van der Waals surface area contributed by atoms with Crippen LogP contribution in [0.4, 0.5) is 0 Å². The predicted molar refractivity (Wildman–Crippen MR) is 70.7 cm³/mol. The maximum atomic E-state index is 6.06. The summed E-state index contributed by atoms with van der Waals surface area (Å²) >= 11 is 6.06. The molecule has 0 bridgehead atoms. The third kappa shape index (κ3) is 4.15. The second-order valence-corrected chi connectivity index (χ2v) is 5.13. The fourth-order valence-electron chi connectivity index (χ4n) is 1.69. The Morgan fingerprint density at radius 1 is 1.24 bits per heavy atom. The van der Waals surface area contributed by atoms with Crippen LogP contribution in [0.15, 0.2) is 0 Å². The van der Waals surface area contributed by atoms with Crippen LogP contribution in [0, 0.1) is 12.8 Å². The van der Waals surface area contributed by atoms with E-state index in [1.807, 2.05) is 13.8 Å². The highest BCUT2D eigenvalue weighted by atomic mass is 35.5. The molecule has 96 valence electrons. The molecule has 0 aliphatic heterocycles. The van der Waals surface area contributed by atoms with Crippen LogP contribution in [0.3, 0.4) is 0 Å². The summed E-state index contributed by atoms with van der Waals surface area (Å²) in [5.41, 5.74) is 0.819. The lowest BCUT2D eigenvalue weighted by atomic mass is 10.1. The quantitative estimate of drug-likeness (QED) is 0.752. The van der Waals surface area contributed by atoms with E-state index in [0.29, 0.717) is 17.0 Å². The van der Waals surface area contributed by atoms with Crippen LogP contribution in [0.2, 0.25) is 5.15 Å². The van der Waals surface area contributed by atoms with E-state index in [1.165, 1.54) is 0 Å². The van der Waals surface area contributed by atoms with Crippen molar-refractivity contribution in [1.82, 2.24) is 9.97 Å². The van der Waals surface area contributed by atoms with Crippen molar-refractivity contribution < 1.29 is 4.74 Å². The zero-order valence-corrected chi connectivity index (χ0v) is 12.0. The van der Waals surface area contributed by atoms with Crippen molar-refractivity contribution in [2.75, 3.05) is 0 Å². The van der Waals surface area contributed by atoms with Gasteiger partial charge in [-0.25, -0.2) is 4.98 Å². The van der Waals surface area contributed by atoms with Gasteiger partial charge in [-0.1, -0.05) is 32.4 Å². The van der Waals surface area contributed by atoms with Crippen LogP contribution in [0.25, 0.3) is 0 Å². The smallest absolute Gasteiger partial charge is 0.221 e. The number of halogens is 1. The van der Waals surface area contributed by atoms with E-state index >= 15 is 0 Å². The first-order valence-corrected chi connectivity index (χ1v) is 6.51. The fraction of sp³-hybridized carbons (Fsp3) is 0.692. The fourth-order valence-corrected chi connectivity index (χ4v) is 1.87. The number of rotatable bonds is 5. The minimum Gasteiger partial charge on any atom is -0.474 e. The molecule has 4 heteroatoms. The zero-order valence-electron chi connectivity index (χ0n) is 11.2. The molecule has 0 aliphatic rings. The van der Waals surface area contributed by atoms with Gasteiger partial charge in [-0.15, -0.1) is 0 Å². The molecule has 3 nitrogen and oxygen atoms in total. The highest BCUT2D eigenvalue weighted by Crippen LogP contribution is 2.24. The topological polar surface area (TPSA) is 35.0 Å². The summed E-state index contributed by atoms with van der Waals surface area (Å²) in [6.45, 7) is 10.3. The molecule has 17 heavy (non-hydrogen) atoms. The molecule has 0 radical (unpaired) electrons. The predicted octanol–water partition coefficient (Wildman–Crippen LogP) is 3.81. The van der Waals surface area contributed by atoms with Crippen LogP contribution in [0.1, 0.15) is 45.5 Å². The lowest BCUT2D eigenvalue weighted by Gasteiger charge is -2.17. The number of ether oxygens (including phenoxy) is 1. The summed E-state index contributed by atoms with van der Waals surface area (Å²) in [7, 11) is 0. The monoisotopic (exact) mass is 256 g/mol. The maximum Gasteiger partial charge on any atom is 0.221 e. The normalized spacial score (nSPS) is 12.9. The standard InChI is InChI=1S/C13H21ClN2O/c1-6-11-15-12(14)10(5)13(16-11)17-9(4)7-8(2)3/h8-9H,6-7H2,1-5H3. The van der Waals surface area contributed by atoms with Gasteiger partial charge in [-0.3, -0.25) is 0 Å². The largest absolute Gasteiger partial charge is 0.474 e. The third-order valence-electron chi connectivity index (χ3n) is 2.52. The Bertz CT molecular complexity index is 380. The van der Waals surface area contributed by atoms with Gasteiger partial charge >= 0.3 is 0 Å². The van der Waals surface area contributed by atoms with Gasteiger partial charge in [-0.05, 0) is 26.2 Å². The molecule has 1 aromatic heterocycles. The number of hydrogen-bond donors (Lipinski definition) is 0. The van der Waals surface area contributed by atoms with Crippen LogP contribution in [0.5, 0.6) is 5.88 Å². The number of aryl methyl sites for hydroxylation is 1.